The molecular weight excluding hydrogens is 1030 g/mol. The fourth-order valence-corrected chi connectivity index (χ4v) is 9.19. The molecule has 7 aromatic carbocycles. The SMILES string of the molecule is C=CC(=O)OCC(COc1ccc(C2(c3ccc(OCC(COC(=O)C=C)OC(=O)c4ccccc4C(=O)O)cc3)c3ccccc3-c3ccccc32)cc1)OC(=O)c1cccc(-c2ccc(C(=O)O)c(C(=O)OCCOC)c2)c1. The minimum Gasteiger partial charge on any atom is -0.490 e. The van der Waals surface area contributed by atoms with Gasteiger partial charge >= 0.3 is 41.8 Å². The van der Waals surface area contributed by atoms with E-state index in [-0.39, 0.29) is 60.9 Å². The Hall–Kier alpha value is -10.1. The molecule has 17 nitrogen and oxygen atoms in total. The molecule has 1 aliphatic carbocycles. The first-order valence-corrected chi connectivity index (χ1v) is 24.9. The van der Waals surface area contributed by atoms with Gasteiger partial charge in [-0.05, 0) is 105 Å². The van der Waals surface area contributed by atoms with Crippen molar-refractivity contribution in [1.29, 1.82) is 0 Å². The Kier molecular flexibility index (Phi) is 18.1. The Morgan fingerprint density at radius 3 is 1.49 bits per heavy atom. The Labute approximate surface area is 459 Å². The summed E-state index contributed by atoms with van der Waals surface area (Å²) in [5.41, 5.74) is 4.96. The summed E-state index contributed by atoms with van der Waals surface area (Å²) in [6, 6.07) is 47.0. The zero-order chi connectivity index (χ0) is 56.8. The number of rotatable bonds is 25. The summed E-state index contributed by atoms with van der Waals surface area (Å²) in [5, 5.41) is 19.4. The van der Waals surface area contributed by atoms with E-state index in [4.69, 9.17) is 37.9 Å². The predicted molar refractivity (Wildman–Crippen MR) is 290 cm³/mol. The highest BCUT2D eigenvalue weighted by atomic mass is 16.6. The van der Waals surface area contributed by atoms with Gasteiger partial charge in [-0.15, -0.1) is 0 Å². The van der Waals surface area contributed by atoms with Crippen molar-refractivity contribution >= 4 is 41.8 Å². The van der Waals surface area contributed by atoms with E-state index in [9.17, 15) is 43.8 Å². The van der Waals surface area contributed by atoms with Crippen LogP contribution in [0.2, 0.25) is 0 Å². The van der Waals surface area contributed by atoms with Crippen molar-refractivity contribution in [2.24, 2.45) is 0 Å². The van der Waals surface area contributed by atoms with Crippen LogP contribution in [0.1, 0.15) is 74.0 Å². The lowest BCUT2D eigenvalue weighted by Gasteiger charge is -2.34. The molecule has 0 spiro atoms. The van der Waals surface area contributed by atoms with Crippen molar-refractivity contribution in [3.63, 3.8) is 0 Å². The van der Waals surface area contributed by atoms with Crippen molar-refractivity contribution in [1.82, 2.24) is 0 Å². The smallest absolute Gasteiger partial charge is 0.339 e. The summed E-state index contributed by atoms with van der Waals surface area (Å²) >= 11 is 0. The van der Waals surface area contributed by atoms with E-state index < -0.39 is 66.0 Å². The third kappa shape index (κ3) is 12.7. The van der Waals surface area contributed by atoms with Crippen LogP contribution in [0, 0.1) is 0 Å². The van der Waals surface area contributed by atoms with Gasteiger partial charge in [0.05, 0.1) is 39.8 Å². The largest absolute Gasteiger partial charge is 0.490 e. The van der Waals surface area contributed by atoms with Gasteiger partial charge in [0, 0.05) is 19.3 Å². The number of carbonyl (C=O) groups excluding carboxylic acids is 5. The second-order valence-electron chi connectivity index (χ2n) is 17.9. The molecule has 406 valence electrons. The molecule has 0 aliphatic heterocycles. The topological polar surface area (TPSA) is 234 Å². The number of methoxy groups -OCH3 is 1. The average molecular weight is 1080 g/mol. The van der Waals surface area contributed by atoms with Crippen molar-refractivity contribution in [3.8, 4) is 33.8 Å². The van der Waals surface area contributed by atoms with Gasteiger partial charge < -0.3 is 48.1 Å². The second kappa shape index (κ2) is 25.8. The number of hydrogen-bond acceptors (Lipinski definition) is 15. The van der Waals surface area contributed by atoms with E-state index in [0.29, 0.717) is 22.6 Å². The summed E-state index contributed by atoms with van der Waals surface area (Å²) in [7, 11) is 1.43. The fraction of sp³-hybridized carbons (Fsp3) is 0.159. The summed E-state index contributed by atoms with van der Waals surface area (Å²) in [5.74, 6) is -5.98. The van der Waals surface area contributed by atoms with Crippen LogP contribution in [-0.2, 0) is 43.4 Å². The van der Waals surface area contributed by atoms with Crippen LogP contribution in [0.15, 0.2) is 189 Å². The van der Waals surface area contributed by atoms with Gasteiger partial charge in [0.2, 0.25) is 0 Å². The van der Waals surface area contributed by atoms with Gasteiger partial charge in [-0.2, -0.15) is 0 Å². The molecule has 7 aromatic rings. The average Bonchev–Trinajstić information content (AvgIpc) is 3.91. The fourth-order valence-electron chi connectivity index (χ4n) is 9.19. The van der Waals surface area contributed by atoms with Gasteiger partial charge in [0.15, 0.2) is 12.2 Å². The molecule has 0 bridgehead atoms. The highest BCUT2D eigenvalue weighted by Gasteiger charge is 2.46. The van der Waals surface area contributed by atoms with Crippen LogP contribution in [0.4, 0.5) is 0 Å². The van der Waals surface area contributed by atoms with Crippen molar-refractivity contribution in [3.05, 3.63) is 239 Å². The van der Waals surface area contributed by atoms with Crippen LogP contribution in [0.25, 0.3) is 22.3 Å². The van der Waals surface area contributed by atoms with E-state index in [0.717, 1.165) is 45.5 Å². The lowest BCUT2D eigenvalue weighted by atomic mass is 9.68. The number of carboxylic acids is 2. The first kappa shape index (κ1) is 56.1. The number of carboxylic acid groups (broad SMARTS) is 2. The third-order valence-corrected chi connectivity index (χ3v) is 12.9. The second-order valence-corrected chi connectivity index (χ2v) is 17.9. The maximum absolute atomic E-state index is 13.8. The highest BCUT2D eigenvalue weighted by Crippen LogP contribution is 2.56. The molecule has 8 rings (SSSR count). The lowest BCUT2D eigenvalue weighted by molar-refractivity contribution is -0.142. The minimum atomic E-state index is -1.33. The highest BCUT2D eigenvalue weighted by molar-refractivity contribution is 6.04. The molecule has 0 radical (unpaired) electrons. The standard InChI is InChI=1S/C63H52O17/c1-4-56(64)77-37-46(79-60(70)41-14-12-13-39(33-41)40-21-30-51(59(68)69)53(34-40)61(71)74-32-31-73-3)35-75-44-26-22-42(23-27-44)63(54-19-10-8-15-48(54)49-16-9-11-20-55(49)63)43-24-28-45(29-25-43)76-36-47(38-78-57(65)5-2)80-62(72)52-18-7-6-17-50(52)58(66)67/h4-30,33-34,46-47H,1-2,31-32,35-38H2,3H3,(H,66,67)(H,68,69). The number of fused-ring (bicyclic) bond motifs is 3. The molecule has 0 saturated heterocycles. The van der Waals surface area contributed by atoms with Crippen LogP contribution < -0.4 is 9.47 Å². The van der Waals surface area contributed by atoms with E-state index >= 15 is 0 Å². The summed E-state index contributed by atoms with van der Waals surface area (Å²) < 4.78 is 44.5. The Morgan fingerprint density at radius 1 is 0.475 bits per heavy atom. The summed E-state index contributed by atoms with van der Waals surface area (Å²) in [4.78, 5) is 88.0. The molecule has 17 heteroatoms. The normalized spacial score (nSPS) is 12.5. The molecule has 1 aliphatic rings. The number of hydrogen-bond donors (Lipinski definition) is 2. The molecule has 2 N–H and O–H groups in total. The molecular formula is C63H52O17. The zero-order valence-electron chi connectivity index (χ0n) is 43.1. The summed E-state index contributed by atoms with van der Waals surface area (Å²) in [6.07, 6.45) is -0.322. The number of benzene rings is 7. The van der Waals surface area contributed by atoms with E-state index in [1.165, 1.54) is 61.7 Å². The van der Waals surface area contributed by atoms with E-state index in [1.54, 1.807) is 36.4 Å². The van der Waals surface area contributed by atoms with Crippen molar-refractivity contribution in [2.45, 2.75) is 17.6 Å². The quantitative estimate of drug-likeness (QED) is 0.0235. The molecule has 0 amide bonds. The Morgan fingerprint density at radius 2 is 0.963 bits per heavy atom. The van der Waals surface area contributed by atoms with Gasteiger partial charge in [0.25, 0.3) is 0 Å². The number of carbonyl (C=O) groups is 7. The maximum Gasteiger partial charge on any atom is 0.339 e. The van der Waals surface area contributed by atoms with Crippen LogP contribution >= 0.6 is 0 Å². The first-order chi connectivity index (χ1) is 38.7. The number of esters is 5. The monoisotopic (exact) mass is 1080 g/mol. The Balaban J connectivity index is 1.03. The zero-order valence-corrected chi connectivity index (χ0v) is 43.1. The molecule has 2 unspecified atom stereocenters. The molecule has 0 fully saturated rings. The molecule has 0 heterocycles. The van der Waals surface area contributed by atoms with Crippen molar-refractivity contribution in [2.75, 3.05) is 46.8 Å². The van der Waals surface area contributed by atoms with Crippen molar-refractivity contribution < 1.29 is 81.7 Å². The number of aromatic carboxylic acids is 2. The Bertz CT molecular complexity index is 3430. The lowest BCUT2D eigenvalue weighted by Crippen LogP contribution is -2.31. The van der Waals surface area contributed by atoms with E-state index in [2.05, 4.69) is 37.4 Å². The third-order valence-electron chi connectivity index (χ3n) is 12.9. The molecule has 2 atom stereocenters. The minimum absolute atomic E-state index is 0.0938. The van der Waals surface area contributed by atoms with E-state index in [1.807, 2.05) is 48.5 Å². The molecule has 0 aromatic heterocycles. The molecule has 80 heavy (non-hydrogen) atoms. The van der Waals surface area contributed by atoms with Gasteiger partial charge in [-0.1, -0.05) is 116 Å². The van der Waals surface area contributed by atoms with Gasteiger partial charge in [0.1, 0.15) is 44.5 Å². The summed E-state index contributed by atoms with van der Waals surface area (Å²) in [6.45, 7) is 5.57. The van der Waals surface area contributed by atoms with Crippen LogP contribution in [0.3, 0.4) is 0 Å². The number of ether oxygens (including phenoxy) is 8. The van der Waals surface area contributed by atoms with Gasteiger partial charge in [-0.25, -0.2) is 33.6 Å². The first-order valence-electron chi connectivity index (χ1n) is 24.9. The maximum atomic E-state index is 13.8. The predicted octanol–water partition coefficient (Wildman–Crippen LogP) is 9.58. The van der Waals surface area contributed by atoms with Crippen LogP contribution in [0.5, 0.6) is 11.5 Å². The van der Waals surface area contributed by atoms with Crippen LogP contribution in [-0.4, -0.2) is 111 Å². The molecule has 0 saturated carbocycles. The van der Waals surface area contributed by atoms with Gasteiger partial charge in [-0.3, -0.25) is 0 Å².